The standard InChI is InChI=1S/C23H27N3O3S/c1-4-5-13-29-18-12-11-16(14-19(18)28-3)21-20(15(2)24-23(30)26-21)22(27)25-17-9-7-6-8-10-17/h6-12,14,21H,4-5,13H2,1-3H3,(H,25,27)(H2,24,26,30)/t21-/m1/s1. The molecule has 0 spiro atoms. The number of rotatable bonds is 8. The molecule has 3 rings (SSSR count). The molecule has 2 aromatic rings. The van der Waals surface area contributed by atoms with E-state index in [1.807, 2.05) is 55.5 Å². The van der Waals surface area contributed by atoms with Crippen LogP contribution in [0.4, 0.5) is 5.69 Å². The molecule has 158 valence electrons. The van der Waals surface area contributed by atoms with Crippen LogP contribution in [0, 0.1) is 0 Å². The normalized spacial score (nSPS) is 15.8. The minimum absolute atomic E-state index is 0.201. The van der Waals surface area contributed by atoms with E-state index in [1.165, 1.54) is 0 Å². The van der Waals surface area contributed by atoms with Crippen LogP contribution in [-0.4, -0.2) is 24.7 Å². The number of ether oxygens (including phenoxy) is 2. The average molecular weight is 426 g/mol. The Hall–Kier alpha value is -3.06. The van der Waals surface area contributed by atoms with Gasteiger partial charge in [-0.25, -0.2) is 0 Å². The van der Waals surface area contributed by atoms with E-state index in [0.29, 0.717) is 34.5 Å². The predicted molar refractivity (Wildman–Crippen MR) is 123 cm³/mol. The van der Waals surface area contributed by atoms with Gasteiger partial charge in [0.2, 0.25) is 0 Å². The average Bonchev–Trinajstić information content (AvgIpc) is 2.74. The summed E-state index contributed by atoms with van der Waals surface area (Å²) in [7, 11) is 1.61. The van der Waals surface area contributed by atoms with Gasteiger partial charge in [0.25, 0.3) is 5.91 Å². The number of para-hydroxylation sites is 1. The lowest BCUT2D eigenvalue weighted by molar-refractivity contribution is -0.113. The quantitative estimate of drug-likeness (QED) is 0.433. The van der Waals surface area contributed by atoms with Crippen molar-refractivity contribution in [2.75, 3.05) is 19.0 Å². The summed E-state index contributed by atoms with van der Waals surface area (Å²) >= 11 is 5.34. The maximum absolute atomic E-state index is 13.1. The van der Waals surface area contributed by atoms with Gasteiger partial charge in [0.1, 0.15) is 0 Å². The summed E-state index contributed by atoms with van der Waals surface area (Å²) in [5.74, 6) is 1.10. The lowest BCUT2D eigenvalue weighted by atomic mass is 9.94. The van der Waals surface area contributed by atoms with Crippen LogP contribution in [0.5, 0.6) is 11.5 Å². The summed E-state index contributed by atoms with van der Waals surface area (Å²) in [5.41, 5.74) is 2.86. The summed E-state index contributed by atoms with van der Waals surface area (Å²) in [6.07, 6.45) is 2.03. The van der Waals surface area contributed by atoms with Crippen molar-refractivity contribution in [3.8, 4) is 11.5 Å². The van der Waals surface area contributed by atoms with Gasteiger partial charge < -0.3 is 25.4 Å². The Morgan fingerprint density at radius 3 is 2.63 bits per heavy atom. The number of nitrogens with one attached hydrogen (secondary N) is 3. The molecule has 0 saturated carbocycles. The van der Waals surface area contributed by atoms with Crippen molar-refractivity contribution in [3.63, 3.8) is 0 Å². The van der Waals surface area contributed by atoms with Crippen LogP contribution in [0.2, 0.25) is 0 Å². The minimum atomic E-state index is -0.416. The number of allylic oxidation sites excluding steroid dienone is 1. The van der Waals surface area contributed by atoms with Crippen LogP contribution in [0.15, 0.2) is 59.8 Å². The number of thiocarbonyl (C=S) groups is 1. The van der Waals surface area contributed by atoms with Gasteiger partial charge in [-0.05, 0) is 55.4 Å². The zero-order chi connectivity index (χ0) is 21.5. The SMILES string of the molecule is CCCCOc1ccc([C@H]2NC(=S)NC(C)=C2C(=O)Nc2ccccc2)cc1OC. The maximum Gasteiger partial charge on any atom is 0.255 e. The molecule has 0 aromatic heterocycles. The lowest BCUT2D eigenvalue weighted by Crippen LogP contribution is -2.45. The minimum Gasteiger partial charge on any atom is -0.493 e. The molecule has 1 aliphatic rings. The van der Waals surface area contributed by atoms with Gasteiger partial charge in [0, 0.05) is 11.4 Å². The molecule has 3 N–H and O–H groups in total. The molecule has 0 unspecified atom stereocenters. The summed E-state index contributed by atoms with van der Waals surface area (Å²) in [6, 6.07) is 14.6. The molecule has 7 heteroatoms. The summed E-state index contributed by atoms with van der Waals surface area (Å²) in [5, 5.41) is 9.68. The third-order valence-corrected chi connectivity index (χ3v) is 5.04. The van der Waals surface area contributed by atoms with Crippen LogP contribution in [0.3, 0.4) is 0 Å². The van der Waals surface area contributed by atoms with Crippen LogP contribution >= 0.6 is 12.2 Å². The zero-order valence-corrected chi connectivity index (χ0v) is 18.3. The molecule has 6 nitrogen and oxygen atoms in total. The highest BCUT2D eigenvalue weighted by Crippen LogP contribution is 2.34. The van der Waals surface area contributed by atoms with Crippen molar-refractivity contribution in [2.24, 2.45) is 0 Å². The van der Waals surface area contributed by atoms with Crippen molar-refractivity contribution < 1.29 is 14.3 Å². The number of carbonyl (C=O) groups is 1. The van der Waals surface area contributed by atoms with E-state index in [2.05, 4.69) is 22.9 Å². The first-order valence-electron chi connectivity index (χ1n) is 9.99. The second-order valence-corrected chi connectivity index (χ2v) is 7.41. The first-order chi connectivity index (χ1) is 14.5. The molecule has 1 aliphatic heterocycles. The maximum atomic E-state index is 13.1. The second kappa shape index (κ2) is 10.1. The van der Waals surface area contributed by atoms with Gasteiger partial charge in [0.15, 0.2) is 16.6 Å². The number of benzene rings is 2. The molecular formula is C23H27N3O3S. The first kappa shape index (κ1) is 21.6. The van der Waals surface area contributed by atoms with Crippen LogP contribution < -0.4 is 25.4 Å². The third kappa shape index (κ3) is 5.10. The van der Waals surface area contributed by atoms with Gasteiger partial charge in [0.05, 0.1) is 25.3 Å². The van der Waals surface area contributed by atoms with E-state index in [1.54, 1.807) is 7.11 Å². The number of carbonyl (C=O) groups excluding carboxylic acids is 1. The molecular weight excluding hydrogens is 398 g/mol. The fourth-order valence-corrected chi connectivity index (χ4v) is 3.55. The molecule has 0 radical (unpaired) electrons. The summed E-state index contributed by atoms with van der Waals surface area (Å²) in [6.45, 7) is 4.59. The third-order valence-electron chi connectivity index (χ3n) is 4.82. The van der Waals surface area contributed by atoms with Gasteiger partial charge in [-0.3, -0.25) is 4.79 Å². The number of amides is 1. The van der Waals surface area contributed by atoms with Crippen molar-refractivity contribution >= 4 is 28.9 Å². The number of methoxy groups -OCH3 is 1. The van der Waals surface area contributed by atoms with Crippen LogP contribution in [0.25, 0.3) is 0 Å². The molecule has 30 heavy (non-hydrogen) atoms. The highest BCUT2D eigenvalue weighted by molar-refractivity contribution is 7.80. The molecule has 0 fully saturated rings. The Kier molecular flexibility index (Phi) is 7.30. The Bertz CT molecular complexity index is 944. The second-order valence-electron chi connectivity index (χ2n) is 7.00. The largest absolute Gasteiger partial charge is 0.493 e. The number of unbranched alkanes of at least 4 members (excludes halogenated alkanes) is 1. The monoisotopic (exact) mass is 425 g/mol. The van der Waals surface area contributed by atoms with Gasteiger partial charge in [-0.15, -0.1) is 0 Å². The van der Waals surface area contributed by atoms with Crippen LogP contribution in [0.1, 0.15) is 38.3 Å². The molecule has 0 saturated heterocycles. The Labute approximate surface area is 182 Å². The topological polar surface area (TPSA) is 71.6 Å². The smallest absolute Gasteiger partial charge is 0.255 e. The first-order valence-corrected chi connectivity index (χ1v) is 10.4. The highest BCUT2D eigenvalue weighted by Gasteiger charge is 2.30. The highest BCUT2D eigenvalue weighted by atomic mass is 32.1. The summed E-state index contributed by atoms with van der Waals surface area (Å²) < 4.78 is 11.4. The molecule has 1 heterocycles. The molecule has 0 bridgehead atoms. The van der Waals surface area contributed by atoms with E-state index in [4.69, 9.17) is 21.7 Å². The van der Waals surface area contributed by atoms with E-state index >= 15 is 0 Å². The van der Waals surface area contributed by atoms with Crippen molar-refractivity contribution in [1.82, 2.24) is 10.6 Å². The zero-order valence-electron chi connectivity index (χ0n) is 17.5. The van der Waals surface area contributed by atoms with E-state index in [0.717, 1.165) is 24.1 Å². The van der Waals surface area contributed by atoms with Crippen molar-refractivity contribution in [1.29, 1.82) is 0 Å². The van der Waals surface area contributed by atoms with E-state index < -0.39 is 6.04 Å². The fraction of sp³-hybridized carbons (Fsp3) is 0.304. The Morgan fingerprint density at radius 2 is 1.93 bits per heavy atom. The number of hydrogen-bond acceptors (Lipinski definition) is 4. The molecule has 1 amide bonds. The molecule has 0 aliphatic carbocycles. The number of anilines is 1. The van der Waals surface area contributed by atoms with Gasteiger partial charge >= 0.3 is 0 Å². The predicted octanol–water partition coefficient (Wildman–Crippen LogP) is 4.31. The van der Waals surface area contributed by atoms with E-state index in [-0.39, 0.29) is 5.91 Å². The van der Waals surface area contributed by atoms with E-state index in [9.17, 15) is 4.79 Å². The van der Waals surface area contributed by atoms with Crippen molar-refractivity contribution in [2.45, 2.75) is 32.7 Å². The fourth-order valence-electron chi connectivity index (χ4n) is 3.27. The lowest BCUT2D eigenvalue weighted by Gasteiger charge is -2.30. The van der Waals surface area contributed by atoms with Gasteiger partial charge in [-0.2, -0.15) is 0 Å². The van der Waals surface area contributed by atoms with Gasteiger partial charge in [-0.1, -0.05) is 37.6 Å². The summed E-state index contributed by atoms with van der Waals surface area (Å²) in [4.78, 5) is 13.1. The number of hydrogen-bond donors (Lipinski definition) is 3. The Morgan fingerprint density at radius 1 is 1.17 bits per heavy atom. The molecule has 1 atom stereocenters. The Balaban J connectivity index is 1.90. The van der Waals surface area contributed by atoms with Crippen molar-refractivity contribution in [3.05, 3.63) is 65.4 Å². The van der Waals surface area contributed by atoms with Crippen LogP contribution in [-0.2, 0) is 4.79 Å². The molecule has 2 aromatic carbocycles.